The number of pyridine rings is 1. The summed E-state index contributed by atoms with van der Waals surface area (Å²) in [6.07, 6.45) is 1.88. The van der Waals surface area contributed by atoms with Crippen LogP contribution in [0.3, 0.4) is 0 Å². The molecule has 0 spiro atoms. The zero-order valence-corrected chi connectivity index (χ0v) is 8.04. The van der Waals surface area contributed by atoms with E-state index in [1.165, 1.54) is 0 Å². The molecule has 2 aromatic rings. The lowest BCUT2D eigenvalue weighted by Gasteiger charge is -1.95. The molecule has 5 heteroatoms. The van der Waals surface area contributed by atoms with Crippen molar-refractivity contribution in [2.75, 3.05) is 5.73 Å². The predicted octanol–water partition coefficient (Wildman–Crippen LogP) is 1.38. The SMILES string of the molecule is Cc1cc(Br)c2nc(N)nn2c1. The topological polar surface area (TPSA) is 56.2 Å². The number of aryl methyl sites for hydroxylation is 1. The minimum absolute atomic E-state index is 0.293. The third kappa shape index (κ3) is 1.06. The predicted molar refractivity (Wildman–Crippen MR) is 49.8 cm³/mol. The fourth-order valence-electron chi connectivity index (χ4n) is 1.09. The number of nitrogens with zero attached hydrogens (tertiary/aromatic N) is 3. The number of aromatic nitrogens is 3. The highest BCUT2D eigenvalue weighted by atomic mass is 79.9. The summed E-state index contributed by atoms with van der Waals surface area (Å²) in [5.41, 5.74) is 7.30. The molecule has 0 radical (unpaired) electrons. The Morgan fingerprint density at radius 2 is 2.33 bits per heavy atom. The van der Waals surface area contributed by atoms with Gasteiger partial charge in [0, 0.05) is 6.20 Å². The van der Waals surface area contributed by atoms with Crippen LogP contribution in [0.5, 0.6) is 0 Å². The largest absolute Gasteiger partial charge is 0.366 e. The van der Waals surface area contributed by atoms with E-state index in [4.69, 9.17) is 5.73 Å². The Kier molecular flexibility index (Phi) is 1.54. The van der Waals surface area contributed by atoms with E-state index in [9.17, 15) is 0 Å². The lowest BCUT2D eigenvalue weighted by atomic mass is 10.3. The second-order valence-corrected chi connectivity index (χ2v) is 3.46. The first-order valence-corrected chi connectivity index (χ1v) is 4.24. The first kappa shape index (κ1) is 7.54. The van der Waals surface area contributed by atoms with Gasteiger partial charge in [-0.15, -0.1) is 5.10 Å². The molecule has 0 aromatic carbocycles. The summed E-state index contributed by atoms with van der Waals surface area (Å²) in [5.74, 6) is 0.293. The monoisotopic (exact) mass is 226 g/mol. The highest BCUT2D eigenvalue weighted by molar-refractivity contribution is 9.10. The van der Waals surface area contributed by atoms with Crippen LogP contribution in [0.15, 0.2) is 16.7 Å². The molecule has 0 amide bonds. The molecule has 2 aromatic heterocycles. The van der Waals surface area contributed by atoms with Crippen LogP contribution >= 0.6 is 15.9 Å². The number of nitrogens with two attached hydrogens (primary N) is 1. The van der Waals surface area contributed by atoms with Gasteiger partial charge in [0.05, 0.1) is 4.47 Å². The molecular weight excluding hydrogens is 220 g/mol. The molecule has 0 aliphatic carbocycles. The van der Waals surface area contributed by atoms with Crippen molar-refractivity contribution in [1.82, 2.24) is 14.6 Å². The third-order valence-corrected chi connectivity index (χ3v) is 2.13. The zero-order valence-electron chi connectivity index (χ0n) is 6.45. The summed E-state index contributed by atoms with van der Waals surface area (Å²) in [7, 11) is 0. The Labute approximate surface area is 77.5 Å². The molecule has 0 saturated heterocycles. The van der Waals surface area contributed by atoms with Gasteiger partial charge >= 0.3 is 0 Å². The molecule has 2 heterocycles. The Morgan fingerprint density at radius 1 is 1.58 bits per heavy atom. The molecule has 0 aliphatic rings. The summed E-state index contributed by atoms with van der Waals surface area (Å²) in [5, 5.41) is 3.99. The molecule has 62 valence electrons. The normalized spacial score (nSPS) is 10.8. The molecule has 0 atom stereocenters. The van der Waals surface area contributed by atoms with Gasteiger partial charge in [-0.1, -0.05) is 0 Å². The lowest BCUT2D eigenvalue weighted by Crippen LogP contribution is -1.90. The molecule has 2 rings (SSSR count). The Morgan fingerprint density at radius 3 is 3.08 bits per heavy atom. The highest BCUT2D eigenvalue weighted by Crippen LogP contribution is 2.17. The van der Waals surface area contributed by atoms with Gasteiger partial charge in [0.2, 0.25) is 5.95 Å². The molecular formula is C7H7BrN4. The van der Waals surface area contributed by atoms with E-state index in [1.807, 2.05) is 19.2 Å². The van der Waals surface area contributed by atoms with Crippen LogP contribution in [-0.4, -0.2) is 14.6 Å². The fraction of sp³-hybridized carbons (Fsp3) is 0.143. The standard InChI is InChI=1S/C7H7BrN4/c1-4-2-5(8)6-10-7(9)11-12(6)3-4/h2-3H,1H3,(H2,9,11). The van der Waals surface area contributed by atoms with E-state index in [-0.39, 0.29) is 0 Å². The Balaban J connectivity index is 2.88. The van der Waals surface area contributed by atoms with Crippen molar-refractivity contribution < 1.29 is 0 Å². The van der Waals surface area contributed by atoms with Crippen LogP contribution in [0.25, 0.3) is 5.65 Å². The molecule has 2 N–H and O–H groups in total. The molecule has 0 bridgehead atoms. The summed E-state index contributed by atoms with van der Waals surface area (Å²) in [6, 6.07) is 1.98. The molecule has 0 fully saturated rings. The number of halogens is 1. The van der Waals surface area contributed by atoms with Gasteiger partial charge in [0.1, 0.15) is 0 Å². The average Bonchev–Trinajstić information content (AvgIpc) is 2.29. The van der Waals surface area contributed by atoms with Gasteiger partial charge in [-0.05, 0) is 34.5 Å². The molecule has 0 saturated carbocycles. The fourth-order valence-corrected chi connectivity index (χ4v) is 1.72. The van der Waals surface area contributed by atoms with E-state index in [0.717, 1.165) is 15.7 Å². The van der Waals surface area contributed by atoms with Gasteiger partial charge in [-0.25, -0.2) is 4.52 Å². The number of hydrogen-bond donors (Lipinski definition) is 1. The van der Waals surface area contributed by atoms with E-state index >= 15 is 0 Å². The van der Waals surface area contributed by atoms with Crippen LogP contribution in [0.4, 0.5) is 5.95 Å². The smallest absolute Gasteiger partial charge is 0.240 e. The summed E-state index contributed by atoms with van der Waals surface area (Å²) >= 11 is 3.38. The maximum atomic E-state index is 5.45. The van der Waals surface area contributed by atoms with Crippen LogP contribution in [0.2, 0.25) is 0 Å². The van der Waals surface area contributed by atoms with Crippen molar-refractivity contribution in [3.8, 4) is 0 Å². The van der Waals surface area contributed by atoms with E-state index in [2.05, 4.69) is 26.0 Å². The minimum atomic E-state index is 0.293. The second-order valence-electron chi connectivity index (χ2n) is 2.60. The summed E-state index contributed by atoms with van der Waals surface area (Å²) in [6.45, 7) is 1.99. The highest BCUT2D eigenvalue weighted by Gasteiger charge is 2.03. The van der Waals surface area contributed by atoms with Gasteiger partial charge in [0.15, 0.2) is 5.65 Å². The van der Waals surface area contributed by atoms with Gasteiger partial charge < -0.3 is 5.73 Å². The van der Waals surface area contributed by atoms with Crippen molar-refractivity contribution in [3.05, 3.63) is 22.3 Å². The van der Waals surface area contributed by atoms with E-state index in [0.29, 0.717) is 5.95 Å². The number of rotatable bonds is 0. The number of hydrogen-bond acceptors (Lipinski definition) is 3. The quantitative estimate of drug-likeness (QED) is 0.739. The van der Waals surface area contributed by atoms with Crippen LogP contribution in [0.1, 0.15) is 5.56 Å². The maximum Gasteiger partial charge on any atom is 0.240 e. The number of anilines is 1. The van der Waals surface area contributed by atoms with Crippen molar-refractivity contribution in [2.24, 2.45) is 0 Å². The molecule has 12 heavy (non-hydrogen) atoms. The second kappa shape index (κ2) is 2.45. The van der Waals surface area contributed by atoms with E-state index in [1.54, 1.807) is 4.52 Å². The van der Waals surface area contributed by atoms with Crippen molar-refractivity contribution in [1.29, 1.82) is 0 Å². The first-order chi connectivity index (χ1) is 5.66. The first-order valence-electron chi connectivity index (χ1n) is 3.45. The number of nitrogen functional groups attached to an aromatic ring is 1. The minimum Gasteiger partial charge on any atom is -0.366 e. The van der Waals surface area contributed by atoms with Crippen molar-refractivity contribution in [2.45, 2.75) is 6.92 Å². The van der Waals surface area contributed by atoms with Gasteiger partial charge in [-0.2, -0.15) is 4.98 Å². The van der Waals surface area contributed by atoms with Crippen LogP contribution < -0.4 is 5.73 Å². The third-order valence-electron chi connectivity index (χ3n) is 1.54. The Bertz CT molecular complexity index is 434. The maximum absolute atomic E-state index is 5.45. The average molecular weight is 227 g/mol. The van der Waals surface area contributed by atoms with Crippen LogP contribution in [0, 0.1) is 6.92 Å². The molecule has 0 unspecified atom stereocenters. The Hall–Kier alpha value is -1.10. The summed E-state index contributed by atoms with van der Waals surface area (Å²) < 4.78 is 2.57. The van der Waals surface area contributed by atoms with Crippen molar-refractivity contribution >= 4 is 27.5 Å². The van der Waals surface area contributed by atoms with Crippen molar-refractivity contribution in [3.63, 3.8) is 0 Å². The molecule has 4 nitrogen and oxygen atoms in total. The summed E-state index contributed by atoms with van der Waals surface area (Å²) in [4.78, 5) is 4.04. The van der Waals surface area contributed by atoms with Crippen LogP contribution in [-0.2, 0) is 0 Å². The lowest BCUT2D eigenvalue weighted by molar-refractivity contribution is 0.955. The van der Waals surface area contributed by atoms with E-state index < -0.39 is 0 Å². The molecule has 0 aliphatic heterocycles. The number of fused-ring (bicyclic) bond motifs is 1. The zero-order chi connectivity index (χ0) is 8.72. The van der Waals surface area contributed by atoms with Gasteiger partial charge in [0.25, 0.3) is 0 Å². The van der Waals surface area contributed by atoms with Gasteiger partial charge in [-0.3, -0.25) is 0 Å².